The number of methoxy groups -OCH3 is 1. The molecule has 29 heavy (non-hydrogen) atoms. The molecule has 3 rings (SSSR count). The summed E-state index contributed by atoms with van der Waals surface area (Å²) in [5, 5.41) is 10.9. The predicted molar refractivity (Wildman–Crippen MR) is 114 cm³/mol. The predicted octanol–water partition coefficient (Wildman–Crippen LogP) is 5.43. The number of carboxylic acid groups (broad SMARTS) is 1. The molecule has 7 heteroatoms. The largest absolute Gasteiger partial charge is 0.493 e. The van der Waals surface area contributed by atoms with Crippen LogP contribution in [0.1, 0.15) is 43.4 Å². The average Bonchev–Trinajstić information content (AvgIpc) is 2.71. The lowest BCUT2D eigenvalue weighted by Gasteiger charge is -2.40. The molecule has 0 saturated carbocycles. The van der Waals surface area contributed by atoms with Crippen LogP contribution in [0.25, 0.3) is 0 Å². The number of nitrogens with zero attached hydrogens (tertiary/aromatic N) is 1. The van der Waals surface area contributed by atoms with Gasteiger partial charge >= 0.3 is 5.97 Å². The summed E-state index contributed by atoms with van der Waals surface area (Å²) in [5.41, 5.74) is 1.71. The minimum absolute atomic E-state index is 0.342. The zero-order valence-electron chi connectivity index (χ0n) is 16.5. The van der Waals surface area contributed by atoms with E-state index in [-0.39, 0.29) is 6.04 Å². The number of hydrogen-bond acceptors (Lipinski definition) is 4. The summed E-state index contributed by atoms with van der Waals surface area (Å²) in [6.07, 6.45) is 2.42. The van der Waals surface area contributed by atoms with Crippen LogP contribution in [0.3, 0.4) is 0 Å². The van der Waals surface area contributed by atoms with Crippen molar-refractivity contribution >= 4 is 29.2 Å². The van der Waals surface area contributed by atoms with Crippen LogP contribution < -0.4 is 9.47 Å². The second kappa shape index (κ2) is 9.70. The molecule has 2 aromatic rings. The van der Waals surface area contributed by atoms with Crippen LogP contribution in [0.5, 0.6) is 11.5 Å². The lowest BCUT2D eigenvalue weighted by atomic mass is 9.91. The molecule has 1 N–H and O–H groups in total. The minimum Gasteiger partial charge on any atom is -0.493 e. The van der Waals surface area contributed by atoms with Crippen molar-refractivity contribution in [1.82, 2.24) is 4.90 Å². The Hall–Kier alpha value is -1.95. The van der Waals surface area contributed by atoms with E-state index in [4.69, 9.17) is 32.7 Å². The fourth-order valence-electron chi connectivity index (χ4n) is 3.93. The highest BCUT2D eigenvalue weighted by molar-refractivity contribution is 6.35. The Morgan fingerprint density at radius 3 is 2.66 bits per heavy atom. The fourth-order valence-corrected chi connectivity index (χ4v) is 4.44. The molecule has 1 fully saturated rings. The van der Waals surface area contributed by atoms with E-state index in [1.807, 2.05) is 36.1 Å². The number of halogens is 2. The van der Waals surface area contributed by atoms with Crippen molar-refractivity contribution in [2.75, 3.05) is 20.3 Å². The number of hydrogen-bond donors (Lipinski definition) is 1. The first kappa shape index (κ1) is 21.8. The van der Waals surface area contributed by atoms with Crippen molar-refractivity contribution in [3.8, 4) is 11.5 Å². The summed E-state index contributed by atoms with van der Waals surface area (Å²) in [6.45, 7) is 3.10. The van der Waals surface area contributed by atoms with Gasteiger partial charge in [-0.15, -0.1) is 0 Å². The second-order valence-corrected chi connectivity index (χ2v) is 7.84. The number of carbonyl (C=O) groups is 1. The van der Waals surface area contributed by atoms with Gasteiger partial charge in [-0.1, -0.05) is 41.8 Å². The number of benzene rings is 2. The maximum atomic E-state index is 12.0. The maximum absolute atomic E-state index is 12.0. The molecule has 0 aromatic heterocycles. The van der Waals surface area contributed by atoms with Crippen LogP contribution in [0.15, 0.2) is 36.4 Å². The van der Waals surface area contributed by atoms with Gasteiger partial charge in [0, 0.05) is 10.0 Å². The van der Waals surface area contributed by atoms with Crippen LogP contribution in [0.4, 0.5) is 0 Å². The standard InChI is InChI=1S/C22H25Cl2NO4/c1-3-29-19-10-7-14(12-20(19)28-2)21(16-9-8-15(23)13-17(16)24)25-11-5-4-6-18(25)22(26)27/h7-10,12-13,18,21H,3-6,11H2,1-2H3,(H,26,27). The molecule has 0 spiro atoms. The highest BCUT2D eigenvalue weighted by Gasteiger charge is 2.36. The Morgan fingerprint density at radius 1 is 1.21 bits per heavy atom. The van der Waals surface area contributed by atoms with Crippen LogP contribution >= 0.6 is 23.2 Å². The van der Waals surface area contributed by atoms with E-state index in [0.29, 0.717) is 41.1 Å². The van der Waals surface area contributed by atoms with Gasteiger partial charge in [0.15, 0.2) is 11.5 Å². The number of piperidine rings is 1. The van der Waals surface area contributed by atoms with Crippen molar-refractivity contribution in [2.45, 2.75) is 38.3 Å². The SMILES string of the molecule is CCOc1ccc(C(c2ccc(Cl)cc2Cl)N2CCCCC2C(=O)O)cc1OC. The highest BCUT2D eigenvalue weighted by atomic mass is 35.5. The van der Waals surface area contributed by atoms with Gasteiger partial charge in [-0.2, -0.15) is 0 Å². The molecule has 0 bridgehead atoms. The molecule has 156 valence electrons. The van der Waals surface area contributed by atoms with Gasteiger partial charge in [-0.25, -0.2) is 0 Å². The third kappa shape index (κ3) is 4.80. The zero-order chi connectivity index (χ0) is 21.0. The molecule has 0 aliphatic carbocycles. The monoisotopic (exact) mass is 437 g/mol. The molecule has 5 nitrogen and oxygen atoms in total. The van der Waals surface area contributed by atoms with Crippen molar-refractivity contribution in [3.05, 3.63) is 57.6 Å². The summed E-state index contributed by atoms with van der Waals surface area (Å²) in [7, 11) is 1.59. The quantitative estimate of drug-likeness (QED) is 0.625. The average molecular weight is 438 g/mol. The third-order valence-corrected chi connectivity index (χ3v) is 5.78. The van der Waals surface area contributed by atoms with Crippen LogP contribution in [-0.2, 0) is 4.79 Å². The van der Waals surface area contributed by atoms with E-state index in [1.54, 1.807) is 19.2 Å². The number of ether oxygens (including phenoxy) is 2. The van der Waals surface area contributed by atoms with E-state index in [0.717, 1.165) is 24.0 Å². The van der Waals surface area contributed by atoms with E-state index in [1.165, 1.54) is 0 Å². The normalized spacial score (nSPS) is 18.3. The Morgan fingerprint density at radius 2 is 2.00 bits per heavy atom. The molecule has 2 aromatic carbocycles. The minimum atomic E-state index is -0.822. The molecular weight excluding hydrogens is 413 g/mol. The van der Waals surface area contributed by atoms with E-state index in [9.17, 15) is 9.90 Å². The van der Waals surface area contributed by atoms with Gasteiger partial charge in [-0.05, 0) is 61.7 Å². The first-order chi connectivity index (χ1) is 14.0. The van der Waals surface area contributed by atoms with Gasteiger partial charge < -0.3 is 14.6 Å². The molecule has 1 saturated heterocycles. The van der Waals surface area contributed by atoms with E-state index in [2.05, 4.69) is 0 Å². The van der Waals surface area contributed by atoms with Crippen molar-refractivity contribution in [1.29, 1.82) is 0 Å². The smallest absolute Gasteiger partial charge is 0.320 e. The molecule has 1 aliphatic rings. The molecule has 2 atom stereocenters. The molecule has 0 amide bonds. The van der Waals surface area contributed by atoms with Crippen LogP contribution in [0.2, 0.25) is 10.0 Å². The summed E-state index contributed by atoms with van der Waals surface area (Å²) in [6, 6.07) is 10.1. The van der Waals surface area contributed by atoms with Crippen molar-refractivity contribution in [3.63, 3.8) is 0 Å². The summed E-state index contributed by atoms with van der Waals surface area (Å²) in [4.78, 5) is 14.0. The Balaban J connectivity index is 2.13. The van der Waals surface area contributed by atoms with Crippen molar-refractivity contribution in [2.24, 2.45) is 0 Å². The fraction of sp³-hybridized carbons (Fsp3) is 0.409. The topological polar surface area (TPSA) is 59.0 Å². The van der Waals surface area contributed by atoms with Gasteiger partial charge in [0.2, 0.25) is 0 Å². The van der Waals surface area contributed by atoms with E-state index >= 15 is 0 Å². The maximum Gasteiger partial charge on any atom is 0.320 e. The third-order valence-electron chi connectivity index (χ3n) is 5.22. The summed E-state index contributed by atoms with van der Waals surface area (Å²) in [5.74, 6) is 0.425. The Kier molecular flexibility index (Phi) is 7.28. The molecule has 2 unspecified atom stereocenters. The Bertz CT molecular complexity index is 874. The zero-order valence-corrected chi connectivity index (χ0v) is 18.0. The number of aliphatic carboxylic acids is 1. The number of carboxylic acids is 1. The second-order valence-electron chi connectivity index (χ2n) is 7.00. The molecule has 1 heterocycles. The highest BCUT2D eigenvalue weighted by Crippen LogP contribution is 2.41. The van der Waals surface area contributed by atoms with Crippen LogP contribution in [-0.4, -0.2) is 42.3 Å². The van der Waals surface area contributed by atoms with Crippen molar-refractivity contribution < 1.29 is 19.4 Å². The first-order valence-electron chi connectivity index (χ1n) is 9.70. The van der Waals surface area contributed by atoms with Gasteiger partial charge in [0.25, 0.3) is 0 Å². The molecule has 0 radical (unpaired) electrons. The first-order valence-corrected chi connectivity index (χ1v) is 10.5. The van der Waals surface area contributed by atoms with E-state index < -0.39 is 12.0 Å². The number of likely N-dealkylation sites (tertiary alicyclic amines) is 1. The van der Waals surface area contributed by atoms with Crippen LogP contribution in [0, 0.1) is 0 Å². The van der Waals surface area contributed by atoms with Gasteiger partial charge in [0.1, 0.15) is 6.04 Å². The van der Waals surface area contributed by atoms with Gasteiger partial charge in [-0.3, -0.25) is 9.69 Å². The summed E-state index contributed by atoms with van der Waals surface area (Å²) < 4.78 is 11.2. The number of rotatable bonds is 7. The Labute approximate surface area is 181 Å². The molecule has 1 aliphatic heterocycles. The van der Waals surface area contributed by atoms with Gasteiger partial charge in [0.05, 0.1) is 19.8 Å². The molecular formula is C22H25Cl2NO4. The lowest BCUT2D eigenvalue weighted by Crippen LogP contribution is -2.46. The lowest BCUT2D eigenvalue weighted by molar-refractivity contribution is -0.145. The summed E-state index contributed by atoms with van der Waals surface area (Å²) >= 11 is 12.7.